The predicted octanol–water partition coefficient (Wildman–Crippen LogP) is 6.34. The second kappa shape index (κ2) is 13.6. The summed E-state index contributed by atoms with van der Waals surface area (Å²) in [4.78, 5) is 19.5. The number of hydrogen-bond acceptors (Lipinski definition) is 8. The average molecular weight is 659 g/mol. The molecule has 2 aromatic carbocycles. The van der Waals surface area contributed by atoms with Crippen LogP contribution < -0.4 is 25.0 Å². The van der Waals surface area contributed by atoms with E-state index in [4.69, 9.17) is 19.0 Å². The van der Waals surface area contributed by atoms with Crippen LogP contribution in [-0.2, 0) is 11.0 Å². The lowest BCUT2D eigenvalue weighted by Gasteiger charge is -2.35. The number of fused-ring (bicyclic) bond motifs is 1. The maximum atomic E-state index is 13.5. The van der Waals surface area contributed by atoms with Crippen LogP contribution in [0.4, 0.5) is 21.6 Å². The van der Waals surface area contributed by atoms with Crippen molar-refractivity contribution in [3.63, 3.8) is 0 Å². The molecule has 0 aliphatic heterocycles. The zero-order chi connectivity index (χ0) is 33.9. The van der Waals surface area contributed by atoms with Gasteiger partial charge < -0.3 is 29.4 Å². The van der Waals surface area contributed by atoms with Gasteiger partial charge in [0, 0.05) is 26.1 Å². The second-order valence-electron chi connectivity index (χ2n) is 13.2. The molecule has 0 saturated heterocycles. The molecular weight excluding hydrogens is 616 g/mol. The van der Waals surface area contributed by atoms with E-state index < -0.39 is 26.4 Å². The maximum absolute atomic E-state index is 13.5. The first-order chi connectivity index (χ1) is 22.3. The zero-order valence-electron chi connectivity index (χ0n) is 28.3. The van der Waals surface area contributed by atoms with E-state index in [9.17, 15) is 9.18 Å². The van der Waals surface area contributed by atoms with Crippen molar-refractivity contribution in [1.29, 1.82) is 0 Å². The van der Waals surface area contributed by atoms with Crippen molar-refractivity contribution in [2.45, 2.75) is 64.1 Å². The van der Waals surface area contributed by atoms with Crippen LogP contribution in [0.2, 0.25) is 18.1 Å². The van der Waals surface area contributed by atoms with Gasteiger partial charge in [0.1, 0.15) is 17.6 Å². The molecule has 1 fully saturated rings. The third-order valence-corrected chi connectivity index (χ3v) is 13.2. The fourth-order valence-corrected chi connectivity index (χ4v) is 5.58. The van der Waals surface area contributed by atoms with Gasteiger partial charge in [-0.25, -0.2) is 13.9 Å². The summed E-state index contributed by atoms with van der Waals surface area (Å²) in [5.41, 5.74) is 3.80. The Kier molecular flexibility index (Phi) is 9.79. The molecule has 2 heterocycles. The lowest BCUT2D eigenvalue weighted by atomic mass is 10.1. The first kappa shape index (κ1) is 33.8. The summed E-state index contributed by atoms with van der Waals surface area (Å²) in [5.74, 6) is 7.76. The highest BCUT2D eigenvalue weighted by atomic mass is 28.4. The topological polar surface area (TPSA) is 102 Å². The Balaban J connectivity index is 1.45. The van der Waals surface area contributed by atoms with Crippen molar-refractivity contribution in [1.82, 2.24) is 19.9 Å². The summed E-state index contributed by atoms with van der Waals surface area (Å²) in [5, 5.41) is 10.9. The van der Waals surface area contributed by atoms with Crippen molar-refractivity contribution in [3.8, 4) is 23.3 Å². The van der Waals surface area contributed by atoms with Crippen LogP contribution in [0.1, 0.15) is 48.8 Å². The van der Waals surface area contributed by atoms with Gasteiger partial charge in [0.25, 0.3) is 5.91 Å². The summed E-state index contributed by atoms with van der Waals surface area (Å²) >= 11 is 0. The molecule has 12 heteroatoms. The van der Waals surface area contributed by atoms with Gasteiger partial charge in [-0.15, -0.1) is 5.10 Å². The van der Waals surface area contributed by atoms with Gasteiger partial charge in [0.05, 0.1) is 50.0 Å². The van der Waals surface area contributed by atoms with Crippen molar-refractivity contribution in [2.75, 3.05) is 38.1 Å². The summed E-state index contributed by atoms with van der Waals surface area (Å²) in [6.45, 7) is 11.9. The van der Waals surface area contributed by atoms with Gasteiger partial charge in [-0.2, -0.15) is 0 Å². The summed E-state index contributed by atoms with van der Waals surface area (Å²) < 4.78 is 32.4. The number of anilines is 3. The van der Waals surface area contributed by atoms with E-state index in [2.05, 4.69) is 61.3 Å². The smallest absolute Gasteiger partial charge is 0.271 e. The Morgan fingerprint density at radius 2 is 1.87 bits per heavy atom. The van der Waals surface area contributed by atoms with Crippen molar-refractivity contribution in [2.24, 2.45) is 0 Å². The van der Waals surface area contributed by atoms with Crippen LogP contribution in [0.5, 0.6) is 11.5 Å². The largest absolute Gasteiger partial charge is 0.497 e. The molecule has 0 radical (unpaired) electrons. The molecule has 1 saturated carbocycles. The number of alkyl halides is 1. The highest BCUT2D eigenvalue weighted by molar-refractivity contribution is 6.74. The molecule has 2 aromatic heterocycles. The number of imidazole rings is 1. The second-order valence-corrected chi connectivity index (χ2v) is 18.0. The first-order valence-electron chi connectivity index (χ1n) is 15.6. The number of halogens is 1. The number of nitrogens with zero attached hydrogens (tertiary/aromatic N) is 4. The van der Waals surface area contributed by atoms with Gasteiger partial charge in [-0.3, -0.25) is 4.79 Å². The fraction of sp³-hybridized carbons (Fsp3) is 0.400. The molecule has 2 atom stereocenters. The van der Waals surface area contributed by atoms with E-state index in [1.54, 1.807) is 24.9 Å². The van der Waals surface area contributed by atoms with Crippen LogP contribution in [0.15, 0.2) is 54.7 Å². The molecule has 1 aliphatic carbocycles. The third kappa shape index (κ3) is 7.86. The van der Waals surface area contributed by atoms with Crippen LogP contribution >= 0.6 is 0 Å². The fourth-order valence-electron chi connectivity index (χ4n) is 4.71. The molecule has 0 bridgehead atoms. The number of rotatable bonds is 11. The Hall–Kier alpha value is -4.60. The summed E-state index contributed by atoms with van der Waals surface area (Å²) in [6, 6.07) is 14.9. The van der Waals surface area contributed by atoms with Crippen molar-refractivity contribution >= 4 is 37.1 Å². The van der Waals surface area contributed by atoms with E-state index in [-0.39, 0.29) is 10.7 Å². The number of methoxy groups -OCH3 is 2. The predicted molar refractivity (Wildman–Crippen MR) is 185 cm³/mol. The Morgan fingerprint density at radius 1 is 1.15 bits per heavy atom. The lowest BCUT2D eigenvalue weighted by molar-refractivity contribution is 0.0943. The number of hydrogen-bond donors (Lipinski definition) is 2. The van der Waals surface area contributed by atoms with E-state index in [1.807, 2.05) is 60.5 Å². The maximum Gasteiger partial charge on any atom is 0.271 e. The van der Waals surface area contributed by atoms with Crippen LogP contribution in [0.3, 0.4) is 0 Å². The van der Waals surface area contributed by atoms with Gasteiger partial charge in [0.2, 0.25) is 0 Å². The molecule has 0 unspecified atom stereocenters. The molecule has 10 nitrogen and oxygen atoms in total. The van der Waals surface area contributed by atoms with Crippen molar-refractivity contribution < 1.29 is 23.1 Å². The minimum Gasteiger partial charge on any atom is -0.497 e. The highest BCUT2D eigenvalue weighted by Crippen LogP contribution is 2.36. The van der Waals surface area contributed by atoms with E-state index >= 15 is 0 Å². The number of ether oxygens (including phenoxy) is 2. The quantitative estimate of drug-likeness (QED) is 0.142. The third-order valence-electron chi connectivity index (χ3n) is 8.67. The molecule has 1 amide bonds. The minimum atomic E-state index is -1.92. The Bertz CT molecular complexity index is 1810. The van der Waals surface area contributed by atoms with Crippen LogP contribution in [0, 0.1) is 11.8 Å². The molecule has 5 rings (SSSR count). The van der Waals surface area contributed by atoms with Gasteiger partial charge in [-0.1, -0.05) is 50.8 Å². The summed E-state index contributed by atoms with van der Waals surface area (Å²) in [6.07, 6.45) is 0.852. The number of carbonyl (C=O) groups excluding carboxylic acids is 1. The molecule has 1 aliphatic rings. The Morgan fingerprint density at radius 3 is 2.51 bits per heavy atom. The molecule has 2 N–H and O–H groups in total. The minimum absolute atomic E-state index is 0.0976. The summed E-state index contributed by atoms with van der Waals surface area (Å²) in [7, 11) is 3.26. The number of nitrogens with one attached hydrogen (secondary N) is 2. The Labute approximate surface area is 276 Å². The molecule has 47 heavy (non-hydrogen) atoms. The van der Waals surface area contributed by atoms with Gasteiger partial charge in [-0.05, 0) is 48.0 Å². The lowest BCUT2D eigenvalue weighted by Crippen LogP contribution is -2.40. The number of amides is 1. The van der Waals surface area contributed by atoms with Gasteiger partial charge in [0.15, 0.2) is 25.5 Å². The average Bonchev–Trinajstić information content (AvgIpc) is 3.54. The number of para-hydroxylation sites is 1. The van der Waals surface area contributed by atoms with Crippen molar-refractivity contribution in [3.05, 3.63) is 71.5 Å². The SMILES string of the molecule is COc1ccc(CN(C)c2cc(Nc3cccc(C#CCO[Si](C)(C)C(C)(C)C)c3OC)nn3cc(C(=O)N[C@@H]4C[C@@H]4F)nc23)cc1. The number of benzene rings is 2. The highest BCUT2D eigenvalue weighted by Gasteiger charge is 2.39. The van der Waals surface area contributed by atoms with E-state index in [0.29, 0.717) is 48.0 Å². The molecule has 4 aromatic rings. The standard InChI is InChI=1S/C35H43FN6O4Si/c1-35(2,3)47(7,8)46-18-10-12-24-11-9-13-27(32(24)45-6)37-31-20-30(41(4)21-23-14-16-25(44-5)17-15-23)33-38-29(22-42(33)40-31)34(43)39-28-19-26(28)36/h9,11,13-17,20,22,26,28H,18-19,21H2,1-8H3,(H,37,40)(H,39,43)/t26-,28+/m0/s1. The molecule has 248 valence electrons. The van der Waals surface area contributed by atoms with Crippen LogP contribution in [-0.4, -0.2) is 68.9 Å². The van der Waals surface area contributed by atoms with E-state index in [0.717, 1.165) is 17.0 Å². The normalized spacial score (nSPS) is 15.9. The molecular formula is C35H43FN6O4Si. The van der Waals surface area contributed by atoms with Crippen LogP contribution in [0.25, 0.3) is 5.65 Å². The first-order valence-corrected chi connectivity index (χ1v) is 18.5. The number of carbonyl (C=O) groups is 1. The molecule has 0 spiro atoms. The zero-order valence-corrected chi connectivity index (χ0v) is 29.3. The van der Waals surface area contributed by atoms with E-state index in [1.165, 1.54) is 0 Å². The monoisotopic (exact) mass is 658 g/mol. The van der Waals surface area contributed by atoms with Gasteiger partial charge >= 0.3 is 0 Å². The number of aromatic nitrogens is 3.